The van der Waals surface area contributed by atoms with Gasteiger partial charge < -0.3 is 15.3 Å². The molecule has 2 atom stereocenters. The van der Waals surface area contributed by atoms with Crippen LogP contribution in [0.2, 0.25) is 0 Å². The van der Waals surface area contributed by atoms with Crippen molar-refractivity contribution in [3.05, 3.63) is 58.3 Å². The molecule has 1 heterocycles. The number of hydrogen-bond acceptors (Lipinski definition) is 3. The summed E-state index contributed by atoms with van der Waals surface area (Å²) in [5, 5.41) is 14.0. The zero-order chi connectivity index (χ0) is 17.5. The molecule has 2 unspecified atom stereocenters. The van der Waals surface area contributed by atoms with Gasteiger partial charge in [-0.15, -0.1) is 11.3 Å². The van der Waals surface area contributed by atoms with Crippen LogP contribution in [-0.4, -0.2) is 35.6 Å². The van der Waals surface area contributed by atoms with E-state index in [2.05, 4.69) is 5.32 Å². The minimum absolute atomic E-state index is 0.137. The molecule has 2 N–H and O–H groups in total. The standard InChI is InChI=1S/C18H22N2O3S/c1-13(17(21)22)12-20(2)18(23)19-15(16-9-6-10-24-16)11-14-7-4-3-5-8-14/h3-10,13,15H,11-12H2,1-2H3,(H,19,23)(H,21,22). The van der Waals surface area contributed by atoms with Gasteiger partial charge in [0.25, 0.3) is 0 Å². The first-order valence-electron chi connectivity index (χ1n) is 7.79. The van der Waals surface area contributed by atoms with Gasteiger partial charge in [-0.05, 0) is 23.4 Å². The van der Waals surface area contributed by atoms with Crippen molar-refractivity contribution in [1.29, 1.82) is 0 Å². The lowest BCUT2D eigenvalue weighted by molar-refractivity contribution is -0.141. The fourth-order valence-electron chi connectivity index (χ4n) is 2.39. The van der Waals surface area contributed by atoms with Crippen molar-refractivity contribution in [2.75, 3.05) is 13.6 Å². The number of carboxylic acids is 1. The fourth-order valence-corrected chi connectivity index (χ4v) is 3.17. The Morgan fingerprint density at radius 1 is 1.21 bits per heavy atom. The first kappa shape index (κ1) is 18.0. The third kappa shape index (κ3) is 5.09. The quantitative estimate of drug-likeness (QED) is 0.807. The van der Waals surface area contributed by atoms with Crippen LogP contribution in [0.4, 0.5) is 4.79 Å². The SMILES string of the molecule is CC(CN(C)C(=O)NC(Cc1ccccc1)c1cccs1)C(=O)O. The van der Waals surface area contributed by atoms with E-state index in [0.29, 0.717) is 6.42 Å². The molecule has 0 fully saturated rings. The van der Waals surface area contributed by atoms with Crippen molar-refractivity contribution in [1.82, 2.24) is 10.2 Å². The highest BCUT2D eigenvalue weighted by molar-refractivity contribution is 7.10. The first-order valence-corrected chi connectivity index (χ1v) is 8.67. The number of carbonyl (C=O) groups is 2. The van der Waals surface area contributed by atoms with Crippen LogP contribution in [0.25, 0.3) is 0 Å². The molecule has 0 radical (unpaired) electrons. The third-order valence-corrected chi connectivity index (χ3v) is 4.77. The van der Waals surface area contributed by atoms with Crippen molar-refractivity contribution < 1.29 is 14.7 Å². The number of thiophene rings is 1. The van der Waals surface area contributed by atoms with Gasteiger partial charge in [0.1, 0.15) is 0 Å². The van der Waals surface area contributed by atoms with E-state index in [1.807, 2.05) is 47.8 Å². The second kappa shape index (κ2) is 8.49. The number of nitrogens with zero attached hydrogens (tertiary/aromatic N) is 1. The molecule has 6 heteroatoms. The van der Waals surface area contributed by atoms with Crippen molar-refractivity contribution in [2.45, 2.75) is 19.4 Å². The first-order chi connectivity index (χ1) is 11.5. The van der Waals surface area contributed by atoms with Gasteiger partial charge in [-0.2, -0.15) is 0 Å². The molecule has 24 heavy (non-hydrogen) atoms. The number of aliphatic carboxylic acids is 1. The van der Waals surface area contributed by atoms with Crippen LogP contribution in [0, 0.1) is 5.92 Å². The molecule has 0 aliphatic heterocycles. The number of hydrogen-bond donors (Lipinski definition) is 2. The maximum atomic E-state index is 12.4. The van der Waals surface area contributed by atoms with Gasteiger partial charge >= 0.3 is 12.0 Å². The molecule has 2 amide bonds. The van der Waals surface area contributed by atoms with Crippen LogP contribution in [0.5, 0.6) is 0 Å². The number of urea groups is 1. The summed E-state index contributed by atoms with van der Waals surface area (Å²) in [6.45, 7) is 1.76. The van der Waals surface area contributed by atoms with Gasteiger partial charge in [-0.1, -0.05) is 43.3 Å². The number of amides is 2. The number of carbonyl (C=O) groups excluding carboxylic acids is 1. The summed E-state index contributed by atoms with van der Waals surface area (Å²) >= 11 is 1.60. The van der Waals surface area contributed by atoms with Crippen LogP contribution in [-0.2, 0) is 11.2 Å². The largest absolute Gasteiger partial charge is 0.481 e. The lowest BCUT2D eigenvalue weighted by atomic mass is 10.0. The average Bonchev–Trinajstić information content (AvgIpc) is 3.09. The Bertz CT molecular complexity index is 658. The molecule has 2 aromatic rings. The molecule has 1 aromatic heterocycles. The van der Waals surface area contributed by atoms with Crippen LogP contribution in [0.3, 0.4) is 0 Å². The number of carboxylic acid groups (broad SMARTS) is 1. The van der Waals surface area contributed by atoms with Crippen LogP contribution >= 0.6 is 11.3 Å². The average molecular weight is 346 g/mol. The number of nitrogens with one attached hydrogen (secondary N) is 1. The second-order valence-corrected chi connectivity index (χ2v) is 6.81. The Balaban J connectivity index is 2.05. The summed E-state index contributed by atoms with van der Waals surface area (Å²) in [5.74, 6) is -1.51. The minimum atomic E-state index is -0.909. The third-order valence-electron chi connectivity index (χ3n) is 3.78. The normalized spacial score (nSPS) is 13.1. The van der Waals surface area contributed by atoms with Gasteiger partial charge in [0.15, 0.2) is 0 Å². The summed E-state index contributed by atoms with van der Waals surface area (Å²) in [4.78, 5) is 25.9. The number of rotatable bonds is 7. The Kier molecular flexibility index (Phi) is 6.37. The van der Waals surface area contributed by atoms with E-state index in [-0.39, 0.29) is 18.6 Å². The summed E-state index contributed by atoms with van der Waals surface area (Å²) in [6, 6.07) is 13.5. The summed E-state index contributed by atoms with van der Waals surface area (Å²) in [7, 11) is 1.61. The van der Waals surface area contributed by atoms with Crippen LogP contribution < -0.4 is 5.32 Å². The molecule has 0 aliphatic rings. The van der Waals surface area contributed by atoms with Crippen LogP contribution in [0.1, 0.15) is 23.4 Å². The molecule has 0 bridgehead atoms. The monoisotopic (exact) mass is 346 g/mol. The number of benzene rings is 1. The smallest absolute Gasteiger partial charge is 0.317 e. The Morgan fingerprint density at radius 2 is 1.92 bits per heavy atom. The lowest BCUT2D eigenvalue weighted by Gasteiger charge is -2.24. The molecule has 128 valence electrons. The highest BCUT2D eigenvalue weighted by Gasteiger charge is 2.21. The van der Waals surface area contributed by atoms with Crippen molar-refractivity contribution in [2.24, 2.45) is 5.92 Å². The van der Waals surface area contributed by atoms with E-state index in [9.17, 15) is 9.59 Å². The van der Waals surface area contributed by atoms with Crippen molar-refractivity contribution >= 4 is 23.3 Å². The predicted octanol–water partition coefficient (Wildman–Crippen LogP) is 3.39. The Labute approximate surface area is 145 Å². The molecule has 5 nitrogen and oxygen atoms in total. The molecular formula is C18H22N2O3S. The minimum Gasteiger partial charge on any atom is -0.481 e. The van der Waals surface area contributed by atoms with Crippen molar-refractivity contribution in [3.8, 4) is 0 Å². The van der Waals surface area contributed by atoms with E-state index in [0.717, 1.165) is 10.4 Å². The highest BCUT2D eigenvalue weighted by atomic mass is 32.1. The van der Waals surface area contributed by atoms with Gasteiger partial charge in [-0.3, -0.25) is 4.79 Å². The fraction of sp³-hybridized carbons (Fsp3) is 0.333. The molecule has 0 aliphatic carbocycles. The Hall–Kier alpha value is -2.34. The second-order valence-electron chi connectivity index (χ2n) is 5.83. The van der Waals surface area contributed by atoms with E-state index in [4.69, 9.17) is 5.11 Å². The zero-order valence-corrected chi connectivity index (χ0v) is 14.6. The predicted molar refractivity (Wildman–Crippen MR) is 95.2 cm³/mol. The van der Waals surface area contributed by atoms with Gasteiger partial charge in [0, 0.05) is 18.5 Å². The lowest BCUT2D eigenvalue weighted by Crippen LogP contribution is -2.42. The van der Waals surface area contributed by atoms with E-state index in [1.165, 1.54) is 4.90 Å². The van der Waals surface area contributed by atoms with Gasteiger partial charge in [0.2, 0.25) is 0 Å². The van der Waals surface area contributed by atoms with Crippen LogP contribution in [0.15, 0.2) is 47.8 Å². The molecule has 0 saturated heterocycles. The molecule has 2 rings (SSSR count). The van der Waals surface area contributed by atoms with Gasteiger partial charge in [-0.25, -0.2) is 4.79 Å². The summed E-state index contributed by atoms with van der Waals surface area (Å²) in [5.41, 5.74) is 1.14. The molecule has 0 spiro atoms. The highest BCUT2D eigenvalue weighted by Crippen LogP contribution is 2.23. The zero-order valence-electron chi connectivity index (χ0n) is 13.8. The summed E-state index contributed by atoms with van der Waals surface area (Å²) < 4.78 is 0. The molecule has 1 aromatic carbocycles. The molecule has 0 saturated carbocycles. The maximum Gasteiger partial charge on any atom is 0.317 e. The maximum absolute atomic E-state index is 12.4. The molecular weight excluding hydrogens is 324 g/mol. The topological polar surface area (TPSA) is 69.6 Å². The summed E-state index contributed by atoms with van der Waals surface area (Å²) in [6.07, 6.45) is 0.690. The van der Waals surface area contributed by atoms with Gasteiger partial charge in [0.05, 0.1) is 12.0 Å². The van der Waals surface area contributed by atoms with E-state index in [1.54, 1.807) is 25.3 Å². The Morgan fingerprint density at radius 3 is 2.50 bits per heavy atom. The van der Waals surface area contributed by atoms with E-state index < -0.39 is 11.9 Å². The van der Waals surface area contributed by atoms with E-state index >= 15 is 0 Å². The van der Waals surface area contributed by atoms with Crippen molar-refractivity contribution in [3.63, 3.8) is 0 Å².